The Morgan fingerprint density at radius 1 is 1.21 bits per heavy atom. The van der Waals surface area contributed by atoms with Crippen molar-refractivity contribution in [3.8, 4) is 22.6 Å². The van der Waals surface area contributed by atoms with Crippen molar-refractivity contribution in [1.82, 2.24) is 0 Å². The number of nitrogens with two attached hydrogens (primary N) is 1. The van der Waals surface area contributed by atoms with Crippen molar-refractivity contribution in [2.45, 2.75) is 25.5 Å². The molecule has 1 fully saturated rings. The van der Waals surface area contributed by atoms with Gasteiger partial charge in [-0.2, -0.15) is 0 Å². The molecule has 3 aromatic rings. The van der Waals surface area contributed by atoms with Gasteiger partial charge in [-0.05, 0) is 48.2 Å². The summed E-state index contributed by atoms with van der Waals surface area (Å²) in [5.41, 5.74) is 2.28. The number of hydrogen-bond acceptors (Lipinski definition) is 5. The fraction of sp³-hybridized carbons (Fsp3) is 0.318. The van der Waals surface area contributed by atoms with Crippen molar-refractivity contribution in [3.63, 3.8) is 0 Å². The highest BCUT2D eigenvalue weighted by Gasteiger charge is 2.19. The van der Waals surface area contributed by atoms with Crippen molar-refractivity contribution in [3.05, 3.63) is 58.4 Å². The van der Waals surface area contributed by atoms with Gasteiger partial charge in [-0.1, -0.05) is 12.1 Å². The topological polar surface area (TPSA) is 85.5 Å². The summed E-state index contributed by atoms with van der Waals surface area (Å²) in [6.07, 6.45) is 2.41. The second kappa shape index (κ2) is 8.04. The molecule has 0 radical (unpaired) electrons. The predicted octanol–water partition coefficient (Wildman–Crippen LogP) is 2.42. The Morgan fingerprint density at radius 3 is 2.75 bits per heavy atom. The molecular weight excluding hydrogens is 358 g/mol. The summed E-state index contributed by atoms with van der Waals surface area (Å²) in [5.74, 6) is 0.879. The first-order valence-electron chi connectivity index (χ1n) is 9.52. The van der Waals surface area contributed by atoms with Crippen molar-refractivity contribution in [2.24, 2.45) is 0 Å². The maximum atomic E-state index is 12.2. The molecule has 2 heterocycles. The van der Waals surface area contributed by atoms with E-state index in [9.17, 15) is 9.90 Å². The molecule has 28 heavy (non-hydrogen) atoms. The molecule has 1 aromatic heterocycles. The zero-order valence-corrected chi connectivity index (χ0v) is 15.8. The molecule has 0 spiro atoms. The molecule has 0 bridgehead atoms. The maximum Gasteiger partial charge on any atom is 0.336 e. The Bertz CT molecular complexity index is 1020. The lowest BCUT2D eigenvalue weighted by molar-refractivity contribution is -0.676. The number of phenolic OH excluding ortho intramolecular Hbond substituents is 1. The monoisotopic (exact) mass is 382 g/mol. The van der Waals surface area contributed by atoms with Gasteiger partial charge in [0, 0.05) is 18.1 Å². The SMILES string of the molecule is COc1ccc(-c2cc(=O)oc3c(C[NH2+]C[C@@H]4CCCO4)c(O)ccc23)cc1. The number of hydrogen-bond donors (Lipinski definition) is 2. The Balaban J connectivity index is 1.70. The van der Waals surface area contributed by atoms with Crippen LogP contribution in [-0.2, 0) is 11.3 Å². The van der Waals surface area contributed by atoms with Crippen LogP contribution in [0.3, 0.4) is 0 Å². The zero-order valence-electron chi connectivity index (χ0n) is 15.8. The van der Waals surface area contributed by atoms with Gasteiger partial charge in [0.1, 0.15) is 30.7 Å². The van der Waals surface area contributed by atoms with E-state index in [0.717, 1.165) is 48.3 Å². The standard InChI is InChI=1S/C22H23NO5/c1-26-15-6-4-14(5-7-15)18-11-21(25)28-22-17(18)8-9-20(24)19(22)13-23-12-16-3-2-10-27-16/h4-9,11,16,23-24H,2-3,10,12-13H2,1H3/p+1/t16-/m0/s1. The molecule has 1 saturated heterocycles. The summed E-state index contributed by atoms with van der Waals surface area (Å²) in [6, 6.07) is 12.5. The highest BCUT2D eigenvalue weighted by atomic mass is 16.5. The summed E-state index contributed by atoms with van der Waals surface area (Å²) in [4.78, 5) is 12.2. The van der Waals surface area contributed by atoms with Crippen LogP contribution in [0, 0.1) is 0 Å². The third-order valence-electron chi connectivity index (χ3n) is 5.19. The zero-order chi connectivity index (χ0) is 19.5. The second-order valence-electron chi connectivity index (χ2n) is 7.01. The molecule has 6 nitrogen and oxygen atoms in total. The normalized spacial score (nSPS) is 16.5. The minimum atomic E-state index is -0.440. The Hall–Kier alpha value is -2.83. The Kier molecular flexibility index (Phi) is 5.32. The fourth-order valence-corrected chi connectivity index (χ4v) is 3.72. The highest BCUT2D eigenvalue weighted by molar-refractivity contribution is 5.95. The summed E-state index contributed by atoms with van der Waals surface area (Å²) in [6.45, 7) is 2.15. The average Bonchev–Trinajstić information content (AvgIpc) is 3.23. The molecule has 0 aliphatic carbocycles. The second-order valence-corrected chi connectivity index (χ2v) is 7.01. The van der Waals surface area contributed by atoms with Crippen LogP contribution in [0.1, 0.15) is 18.4 Å². The van der Waals surface area contributed by atoms with Crippen LogP contribution >= 0.6 is 0 Å². The van der Waals surface area contributed by atoms with Crippen LogP contribution in [0.2, 0.25) is 0 Å². The number of rotatable bonds is 6. The molecule has 1 aliphatic rings. The van der Waals surface area contributed by atoms with Crippen LogP contribution in [0.5, 0.6) is 11.5 Å². The lowest BCUT2D eigenvalue weighted by Crippen LogP contribution is -2.84. The number of aromatic hydroxyl groups is 1. The molecule has 3 N–H and O–H groups in total. The minimum Gasteiger partial charge on any atom is -0.507 e. The molecule has 1 aliphatic heterocycles. The van der Waals surface area contributed by atoms with E-state index in [1.807, 2.05) is 24.3 Å². The molecule has 0 amide bonds. The van der Waals surface area contributed by atoms with Crippen molar-refractivity contribution >= 4 is 11.0 Å². The number of methoxy groups -OCH3 is 1. The lowest BCUT2D eigenvalue weighted by atomic mass is 9.99. The molecular formula is C22H24NO5+. The van der Waals surface area contributed by atoms with Crippen LogP contribution in [0.15, 0.2) is 51.7 Å². The maximum absolute atomic E-state index is 12.2. The minimum absolute atomic E-state index is 0.131. The summed E-state index contributed by atoms with van der Waals surface area (Å²) in [7, 11) is 1.61. The number of benzene rings is 2. The van der Waals surface area contributed by atoms with Gasteiger partial charge in [0.2, 0.25) is 0 Å². The van der Waals surface area contributed by atoms with Crippen LogP contribution in [0.25, 0.3) is 22.1 Å². The quantitative estimate of drug-likeness (QED) is 0.640. The first-order valence-corrected chi connectivity index (χ1v) is 9.52. The van der Waals surface area contributed by atoms with E-state index < -0.39 is 5.63 Å². The largest absolute Gasteiger partial charge is 0.507 e. The number of ether oxygens (including phenoxy) is 2. The van der Waals surface area contributed by atoms with Gasteiger partial charge in [-0.25, -0.2) is 4.79 Å². The molecule has 4 rings (SSSR count). The number of quaternary nitrogens is 1. The molecule has 0 unspecified atom stereocenters. The third-order valence-corrected chi connectivity index (χ3v) is 5.19. The molecule has 146 valence electrons. The van der Waals surface area contributed by atoms with E-state index in [1.54, 1.807) is 19.2 Å². The van der Waals surface area contributed by atoms with Crippen molar-refractivity contribution in [2.75, 3.05) is 20.3 Å². The molecule has 2 aromatic carbocycles. The van der Waals surface area contributed by atoms with E-state index in [0.29, 0.717) is 17.7 Å². The highest BCUT2D eigenvalue weighted by Crippen LogP contribution is 2.33. The first kappa shape index (κ1) is 18.5. The van der Waals surface area contributed by atoms with Crippen molar-refractivity contribution in [1.29, 1.82) is 0 Å². The van der Waals surface area contributed by atoms with Gasteiger partial charge in [-0.15, -0.1) is 0 Å². The molecule has 6 heteroatoms. The predicted molar refractivity (Wildman–Crippen MR) is 106 cm³/mol. The van der Waals surface area contributed by atoms with Crippen molar-refractivity contribution < 1.29 is 24.3 Å². The Morgan fingerprint density at radius 2 is 2.04 bits per heavy atom. The smallest absolute Gasteiger partial charge is 0.336 e. The summed E-state index contributed by atoms with van der Waals surface area (Å²) >= 11 is 0. The van der Waals surface area contributed by atoms with Gasteiger partial charge in [-0.3, -0.25) is 0 Å². The van der Waals surface area contributed by atoms with E-state index in [4.69, 9.17) is 13.9 Å². The summed E-state index contributed by atoms with van der Waals surface area (Å²) in [5, 5.41) is 13.3. The third kappa shape index (κ3) is 3.74. The van der Waals surface area contributed by atoms with E-state index in [2.05, 4.69) is 5.32 Å². The Labute approximate surface area is 162 Å². The van der Waals surface area contributed by atoms with Gasteiger partial charge in [0.25, 0.3) is 0 Å². The fourth-order valence-electron chi connectivity index (χ4n) is 3.72. The van der Waals surface area contributed by atoms with Gasteiger partial charge < -0.3 is 24.3 Å². The average molecular weight is 382 g/mol. The molecule has 0 saturated carbocycles. The van der Waals surface area contributed by atoms with Crippen LogP contribution in [-0.4, -0.2) is 31.5 Å². The molecule has 1 atom stereocenters. The van der Waals surface area contributed by atoms with Crippen LogP contribution in [0.4, 0.5) is 0 Å². The van der Waals surface area contributed by atoms with E-state index in [-0.39, 0.29) is 11.9 Å². The first-order chi connectivity index (χ1) is 13.7. The van der Waals surface area contributed by atoms with Gasteiger partial charge >= 0.3 is 5.63 Å². The van der Waals surface area contributed by atoms with Crippen LogP contribution < -0.4 is 15.7 Å². The van der Waals surface area contributed by atoms with E-state index >= 15 is 0 Å². The number of fused-ring (bicyclic) bond motifs is 1. The van der Waals surface area contributed by atoms with E-state index in [1.165, 1.54) is 6.07 Å². The van der Waals surface area contributed by atoms with Gasteiger partial charge in [0.15, 0.2) is 5.58 Å². The number of phenols is 1. The van der Waals surface area contributed by atoms with Gasteiger partial charge in [0.05, 0.1) is 12.7 Å². The lowest BCUT2D eigenvalue weighted by Gasteiger charge is -2.12. The summed E-state index contributed by atoms with van der Waals surface area (Å²) < 4.78 is 16.4.